The van der Waals surface area contributed by atoms with Gasteiger partial charge in [-0.15, -0.1) is 0 Å². The molecule has 4 rings (SSSR count). The number of aliphatic carboxylic acids is 1. The van der Waals surface area contributed by atoms with Crippen LogP contribution in [-0.4, -0.2) is 45.5 Å². The molecule has 35 heavy (non-hydrogen) atoms. The van der Waals surface area contributed by atoms with E-state index in [-0.39, 0.29) is 12.5 Å². The minimum Gasteiger partial charge on any atom is -0.479 e. The van der Waals surface area contributed by atoms with Crippen molar-refractivity contribution in [3.63, 3.8) is 0 Å². The maximum atomic E-state index is 12.9. The number of nitrogens with one attached hydrogen (secondary N) is 2. The van der Waals surface area contributed by atoms with Gasteiger partial charge in [0, 0.05) is 24.7 Å². The minimum atomic E-state index is -1.28. The lowest BCUT2D eigenvalue weighted by Crippen LogP contribution is -2.49. The van der Waals surface area contributed by atoms with Crippen LogP contribution in [0.15, 0.2) is 60.9 Å². The van der Waals surface area contributed by atoms with Crippen molar-refractivity contribution >= 4 is 18.0 Å². The van der Waals surface area contributed by atoms with Gasteiger partial charge in [0.25, 0.3) is 0 Å². The fourth-order valence-electron chi connectivity index (χ4n) is 4.46. The summed E-state index contributed by atoms with van der Waals surface area (Å²) >= 11 is 0. The Morgan fingerprint density at radius 3 is 2.23 bits per heavy atom. The number of rotatable bonds is 9. The molecule has 1 aliphatic carbocycles. The minimum absolute atomic E-state index is 0.103. The molecule has 0 radical (unpaired) electrons. The molecule has 1 heterocycles. The van der Waals surface area contributed by atoms with E-state index in [1.807, 2.05) is 43.3 Å². The lowest BCUT2D eigenvalue weighted by molar-refractivity contribution is -0.142. The van der Waals surface area contributed by atoms with Crippen molar-refractivity contribution in [1.82, 2.24) is 20.4 Å². The fraction of sp³-hybridized carbons (Fsp3) is 0.308. The summed E-state index contributed by atoms with van der Waals surface area (Å²) in [6.45, 7) is 1.99. The standard InChI is InChI=1S/C26H28N4O5/c1-3-8-22(24(31)29-23(25(32)33)16-13-27-30(2)14-16)28-26(34)35-15-21-19-11-6-4-9-17(19)18-10-5-7-12-20(18)21/h4-7,9-14,21-23H,3,8,15H2,1-2H3,(H,28,34)(H,29,31)(H,32,33). The van der Waals surface area contributed by atoms with Crippen LogP contribution in [0.3, 0.4) is 0 Å². The first-order chi connectivity index (χ1) is 16.9. The highest BCUT2D eigenvalue weighted by Gasteiger charge is 2.31. The van der Waals surface area contributed by atoms with Gasteiger partial charge in [0.15, 0.2) is 6.04 Å². The number of carboxylic acid groups (broad SMARTS) is 1. The van der Waals surface area contributed by atoms with Crippen molar-refractivity contribution in [2.24, 2.45) is 7.05 Å². The van der Waals surface area contributed by atoms with E-state index in [0.29, 0.717) is 18.4 Å². The van der Waals surface area contributed by atoms with Gasteiger partial charge in [0.05, 0.1) is 6.20 Å². The van der Waals surface area contributed by atoms with E-state index < -0.39 is 30.1 Å². The van der Waals surface area contributed by atoms with Crippen LogP contribution in [0.25, 0.3) is 11.1 Å². The average molecular weight is 477 g/mol. The molecule has 1 aliphatic rings. The Hall–Kier alpha value is -4.14. The molecule has 0 aliphatic heterocycles. The van der Waals surface area contributed by atoms with Gasteiger partial charge < -0.3 is 20.5 Å². The van der Waals surface area contributed by atoms with Crippen molar-refractivity contribution < 1.29 is 24.2 Å². The monoisotopic (exact) mass is 476 g/mol. The topological polar surface area (TPSA) is 123 Å². The lowest BCUT2D eigenvalue weighted by Gasteiger charge is -2.21. The van der Waals surface area contributed by atoms with E-state index in [9.17, 15) is 19.5 Å². The van der Waals surface area contributed by atoms with E-state index in [4.69, 9.17) is 4.74 Å². The third-order valence-electron chi connectivity index (χ3n) is 6.12. The predicted molar refractivity (Wildman–Crippen MR) is 129 cm³/mol. The molecule has 2 amide bonds. The molecule has 182 valence electrons. The van der Waals surface area contributed by atoms with Crippen LogP contribution in [0.4, 0.5) is 4.79 Å². The highest BCUT2D eigenvalue weighted by Crippen LogP contribution is 2.44. The van der Waals surface area contributed by atoms with Crippen LogP contribution >= 0.6 is 0 Å². The number of amides is 2. The molecule has 3 aromatic rings. The van der Waals surface area contributed by atoms with Gasteiger partial charge >= 0.3 is 12.1 Å². The van der Waals surface area contributed by atoms with Crippen molar-refractivity contribution in [3.05, 3.63) is 77.6 Å². The van der Waals surface area contributed by atoms with Crippen LogP contribution in [0.5, 0.6) is 0 Å². The molecule has 2 atom stereocenters. The summed E-state index contributed by atoms with van der Waals surface area (Å²) in [6.07, 6.45) is 3.11. The molecule has 0 spiro atoms. The second-order valence-electron chi connectivity index (χ2n) is 8.54. The average Bonchev–Trinajstić information content (AvgIpc) is 3.41. The number of benzene rings is 2. The van der Waals surface area contributed by atoms with E-state index in [0.717, 1.165) is 22.3 Å². The number of nitrogens with zero attached hydrogens (tertiary/aromatic N) is 2. The van der Waals surface area contributed by atoms with Crippen LogP contribution in [0, 0.1) is 0 Å². The molecule has 0 saturated heterocycles. The number of fused-ring (bicyclic) bond motifs is 3. The third kappa shape index (κ3) is 5.18. The van der Waals surface area contributed by atoms with E-state index in [2.05, 4.69) is 27.9 Å². The van der Waals surface area contributed by atoms with Crippen molar-refractivity contribution in [2.75, 3.05) is 6.61 Å². The number of ether oxygens (including phenoxy) is 1. The number of aryl methyl sites for hydroxylation is 1. The third-order valence-corrected chi connectivity index (χ3v) is 6.12. The highest BCUT2D eigenvalue weighted by atomic mass is 16.5. The van der Waals surface area contributed by atoms with Crippen LogP contribution in [0.2, 0.25) is 0 Å². The molecule has 9 nitrogen and oxygen atoms in total. The summed E-state index contributed by atoms with van der Waals surface area (Å²) in [6, 6.07) is 13.8. The van der Waals surface area contributed by atoms with Gasteiger partial charge in [-0.25, -0.2) is 9.59 Å². The Morgan fingerprint density at radius 2 is 1.69 bits per heavy atom. The first-order valence-electron chi connectivity index (χ1n) is 11.5. The Balaban J connectivity index is 1.41. The molecule has 2 unspecified atom stereocenters. The normalized spacial score (nSPS) is 13.9. The van der Waals surface area contributed by atoms with Crippen LogP contribution in [0.1, 0.15) is 48.4 Å². The van der Waals surface area contributed by atoms with Gasteiger partial charge in [-0.2, -0.15) is 5.10 Å². The summed E-state index contributed by atoms with van der Waals surface area (Å²) in [5.74, 6) is -1.92. The van der Waals surface area contributed by atoms with Crippen LogP contribution < -0.4 is 10.6 Å². The van der Waals surface area contributed by atoms with E-state index in [1.165, 1.54) is 17.1 Å². The number of aromatic nitrogens is 2. The molecular formula is C26H28N4O5. The number of carboxylic acids is 1. The summed E-state index contributed by atoms with van der Waals surface area (Å²) in [7, 11) is 1.66. The largest absolute Gasteiger partial charge is 0.479 e. The van der Waals surface area contributed by atoms with E-state index >= 15 is 0 Å². The van der Waals surface area contributed by atoms with Gasteiger partial charge in [-0.3, -0.25) is 9.48 Å². The van der Waals surface area contributed by atoms with Gasteiger partial charge in [0.2, 0.25) is 5.91 Å². The van der Waals surface area contributed by atoms with Gasteiger partial charge in [0.1, 0.15) is 12.6 Å². The molecule has 3 N–H and O–H groups in total. The summed E-state index contributed by atoms with van der Waals surface area (Å²) in [5.41, 5.74) is 4.76. The van der Waals surface area contributed by atoms with Gasteiger partial charge in [-0.1, -0.05) is 61.9 Å². The van der Waals surface area contributed by atoms with Crippen LogP contribution in [-0.2, 0) is 21.4 Å². The maximum absolute atomic E-state index is 12.9. The Morgan fingerprint density at radius 1 is 1.06 bits per heavy atom. The number of hydrogen-bond donors (Lipinski definition) is 3. The molecule has 2 aromatic carbocycles. The lowest BCUT2D eigenvalue weighted by atomic mass is 9.98. The maximum Gasteiger partial charge on any atom is 0.407 e. The Bertz CT molecular complexity index is 1190. The number of carbonyl (C=O) groups is 3. The zero-order valence-electron chi connectivity index (χ0n) is 19.6. The molecular weight excluding hydrogens is 448 g/mol. The van der Waals surface area contributed by atoms with Crippen molar-refractivity contribution in [3.8, 4) is 11.1 Å². The highest BCUT2D eigenvalue weighted by molar-refractivity contribution is 5.89. The molecule has 1 aromatic heterocycles. The number of alkyl carbamates (subject to hydrolysis) is 1. The summed E-state index contributed by atoms with van der Waals surface area (Å²) in [4.78, 5) is 37.3. The van der Waals surface area contributed by atoms with Crippen molar-refractivity contribution in [1.29, 1.82) is 0 Å². The predicted octanol–water partition coefficient (Wildman–Crippen LogP) is 3.37. The molecule has 0 saturated carbocycles. The Kier molecular flexibility index (Phi) is 7.14. The molecule has 9 heteroatoms. The second-order valence-corrected chi connectivity index (χ2v) is 8.54. The second kappa shape index (κ2) is 10.4. The zero-order valence-corrected chi connectivity index (χ0v) is 19.6. The summed E-state index contributed by atoms with van der Waals surface area (Å²) < 4.78 is 7.00. The Labute approximate surface area is 203 Å². The smallest absolute Gasteiger partial charge is 0.407 e. The SMILES string of the molecule is CCCC(NC(=O)OCC1c2ccccc2-c2ccccc21)C(=O)NC(C(=O)O)c1cnn(C)c1. The number of hydrogen-bond acceptors (Lipinski definition) is 5. The first kappa shape index (κ1) is 24.0. The van der Waals surface area contributed by atoms with Gasteiger partial charge in [-0.05, 0) is 28.7 Å². The van der Waals surface area contributed by atoms with Crippen molar-refractivity contribution in [2.45, 2.75) is 37.8 Å². The first-order valence-corrected chi connectivity index (χ1v) is 11.5. The summed E-state index contributed by atoms with van der Waals surface area (Å²) in [5, 5.41) is 18.6. The fourth-order valence-corrected chi connectivity index (χ4v) is 4.46. The quantitative estimate of drug-likeness (QED) is 0.435. The molecule has 0 bridgehead atoms. The molecule has 0 fully saturated rings. The zero-order chi connectivity index (χ0) is 24.9. The number of carbonyl (C=O) groups excluding carboxylic acids is 2. The van der Waals surface area contributed by atoms with E-state index in [1.54, 1.807) is 7.05 Å².